The summed E-state index contributed by atoms with van der Waals surface area (Å²) >= 11 is 0. The summed E-state index contributed by atoms with van der Waals surface area (Å²) < 4.78 is 5.27. The highest BCUT2D eigenvalue weighted by molar-refractivity contribution is 5.96. The van der Waals surface area contributed by atoms with Crippen molar-refractivity contribution in [1.82, 2.24) is 10.2 Å². The van der Waals surface area contributed by atoms with Gasteiger partial charge >= 0.3 is 0 Å². The van der Waals surface area contributed by atoms with Crippen LogP contribution in [-0.4, -0.2) is 37.6 Å². The van der Waals surface area contributed by atoms with Crippen LogP contribution in [0.4, 0.5) is 0 Å². The lowest BCUT2D eigenvalue weighted by molar-refractivity contribution is 0.0766. The minimum absolute atomic E-state index is 0.0304. The number of benzene rings is 2. The second-order valence-electron chi connectivity index (χ2n) is 7.70. The summed E-state index contributed by atoms with van der Waals surface area (Å²) in [6.45, 7) is 1.95. The first-order valence-electron chi connectivity index (χ1n) is 9.66. The molecule has 1 unspecified atom stereocenters. The minimum Gasteiger partial charge on any atom is -0.497 e. The van der Waals surface area contributed by atoms with Gasteiger partial charge in [0, 0.05) is 11.1 Å². The average molecular weight is 367 g/mol. The number of likely N-dealkylation sites (N-methyl/N-ethyl adjacent to an activating group) is 1. The van der Waals surface area contributed by atoms with Gasteiger partial charge in [0.1, 0.15) is 5.75 Å². The number of methoxy groups -OCH3 is 1. The van der Waals surface area contributed by atoms with E-state index in [9.17, 15) is 4.79 Å². The molecule has 0 radical (unpaired) electrons. The maximum atomic E-state index is 13.2. The molecular weight excluding hydrogens is 336 g/mol. The third-order valence-electron chi connectivity index (χ3n) is 5.98. The molecule has 2 aromatic rings. The van der Waals surface area contributed by atoms with Crippen molar-refractivity contribution in [1.29, 1.82) is 0 Å². The van der Waals surface area contributed by atoms with Gasteiger partial charge in [-0.3, -0.25) is 4.79 Å². The third kappa shape index (κ3) is 3.86. The molecule has 4 nitrogen and oxygen atoms in total. The fraction of sp³-hybridized carbons (Fsp3) is 0.435. The minimum atomic E-state index is -0.0581. The predicted molar refractivity (Wildman–Crippen MR) is 109 cm³/mol. The number of nitrogens with zero attached hydrogens (tertiary/aromatic N) is 1. The van der Waals surface area contributed by atoms with Gasteiger partial charge in [0.05, 0.1) is 13.2 Å². The molecule has 1 fully saturated rings. The Bertz CT molecular complexity index is 780. The van der Waals surface area contributed by atoms with Crippen LogP contribution >= 0.6 is 0 Å². The Morgan fingerprint density at radius 2 is 1.78 bits per heavy atom. The van der Waals surface area contributed by atoms with Gasteiger partial charge in [-0.1, -0.05) is 43.2 Å². The maximum Gasteiger partial charge on any atom is 0.252 e. The number of carbonyl (C=O) groups is 1. The van der Waals surface area contributed by atoms with Crippen LogP contribution < -0.4 is 10.1 Å². The van der Waals surface area contributed by atoms with E-state index in [1.165, 1.54) is 12.8 Å². The molecule has 2 aromatic carbocycles. The molecule has 3 rings (SSSR count). The zero-order valence-electron chi connectivity index (χ0n) is 16.8. The molecule has 0 aliphatic heterocycles. The summed E-state index contributed by atoms with van der Waals surface area (Å²) in [6, 6.07) is 15.9. The molecule has 1 amide bonds. The number of hydrogen-bond acceptors (Lipinski definition) is 3. The number of amides is 1. The first-order valence-corrected chi connectivity index (χ1v) is 9.66. The Balaban J connectivity index is 1.96. The zero-order valence-corrected chi connectivity index (χ0v) is 16.8. The second kappa shape index (κ2) is 8.13. The van der Waals surface area contributed by atoms with Crippen LogP contribution in [0.15, 0.2) is 48.5 Å². The SMILES string of the molecule is COc1ccc(C(=O)NC(c2ccccc2)C2(N(C)C)CCCC2)c(C)c1. The molecular formula is C23H30N2O2. The van der Waals surface area contributed by atoms with Crippen molar-refractivity contribution >= 4 is 5.91 Å². The second-order valence-corrected chi connectivity index (χ2v) is 7.70. The Hall–Kier alpha value is -2.33. The topological polar surface area (TPSA) is 41.6 Å². The van der Waals surface area contributed by atoms with Crippen LogP contribution in [0.2, 0.25) is 0 Å². The summed E-state index contributed by atoms with van der Waals surface area (Å²) in [7, 11) is 5.90. The van der Waals surface area contributed by atoms with Crippen LogP contribution in [-0.2, 0) is 0 Å². The number of hydrogen-bond donors (Lipinski definition) is 1. The molecule has 1 N–H and O–H groups in total. The van der Waals surface area contributed by atoms with Gasteiger partial charge in [0.2, 0.25) is 0 Å². The van der Waals surface area contributed by atoms with Gasteiger partial charge in [-0.05, 0) is 63.2 Å². The van der Waals surface area contributed by atoms with Crippen molar-refractivity contribution in [2.75, 3.05) is 21.2 Å². The van der Waals surface area contributed by atoms with Crippen LogP contribution in [0.3, 0.4) is 0 Å². The van der Waals surface area contributed by atoms with Crippen molar-refractivity contribution in [3.05, 3.63) is 65.2 Å². The van der Waals surface area contributed by atoms with E-state index in [1.807, 2.05) is 43.3 Å². The van der Waals surface area contributed by atoms with E-state index >= 15 is 0 Å². The van der Waals surface area contributed by atoms with E-state index in [-0.39, 0.29) is 17.5 Å². The van der Waals surface area contributed by atoms with E-state index < -0.39 is 0 Å². The molecule has 27 heavy (non-hydrogen) atoms. The zero-order chi connectivity index (χ0) is 19.4. The number of rotatable bonds is 6. The van der Waals surface area contributed by atoms with Crippen LogP contribution in [0.5, 0.6) is 5.75 Å². The standard InChI is InChI=1S/C23H30N2O2/c1-17-16-19(27-4)12-13-20(17)22(26)24-21(18-10-6-5-7-11-18)23(25(2)3)14-8-9-15-23/h5-7,10-13,16,21H,8-9,14-15H2,1-4H3,(H,24,26). The molecule has 0 heterocycles. The summed E-state index contributed by atoms with van der Waals surface area (Å²) in [5.74, 6) is 0.737. The highest BCUT2D eigenvalue weighted by Crippen LogP contribution is 2.43. The highest BCUT2D eigenvalue weighted by atomic mass is 16.5. The molecule has 4 heteroatoms. The van der Waals surface area contributed by atoms with Crippen molar-refractivity contribution < 1.29 is 9.53 Å². The third-order valence-corrected chi connectivity index (χ3v) is 5.98. The van der Waals surface area contributed by atoms with Crippen molar-refractivity contribution in [2.24, 2.45) is 0 Å². The summed E-state index contributed by atoms with van der Waals surface area (Å²) in [6.07, 6.45) is 4.56. The normalized spacial score (nSPS) is 16.9. The Kier molecular flexibility index (Phi) is 5.85. The van der Waals surface area contributed by atoms with Gasteiger partial charge < -0.3 is 15.0 Å². The van der Waals surface area contributed by atoms with E-state index in [4.69, 9.17) is 4.74 Å². The predicted octanol–water partition coefficient (Wildman–Crippen LogP) is 4.35. The molecule has 144 valence electrons. The van der Waals surface area contributed by atoms with E-state index in [0.29, 0.717) is 5.56 Å². The molecule has 0 aromatic heterocycles. The average Bonchev–Trinajstić information content (AvgIpc) is 3.17. The Morgan fingerprint density at radius 1 is 1.11 bits per heavy atom. The van der Waals surface area contributed by atoms with Gasteiger partial charge in [-0.15, -0.1) is 0 Å². The fourth-order valence-electron chi connectivity index (χ4n) is 4.38. The van der Waals surface area contributed by atoms with Gasteiger partial charge in [-0.25, -0.2) is 0 Å². The quantitative estimate of drug-likeness (QED) is 0.826. The molecule has 1 aliphatic carbocycles. The lowest BCUT2D eigenvalue weighted by Crippen LogP contribution is -2.53. The summed E-state index contributed by atoms with van der Waals surface area (Å²) in [5, 5.41) is 3.37. The smallest absolute Gasteiger partial charge is 0.252 e. The van der Waals surface area contributed by atoms with E-state index in [0.717, 1.165) is 29.7 Å². The largest absolute Gasteiger partial charge is 0.497 e. The van der Waals surface area contributed by atoms with Crippen LogP contribution in [0.25, 0.3) is 0 Å². The van der Waals surface area contributed by atoms with Crippen molar-refractivity contribution in [3.63, 3.8) is 0 Å². The lowest BCUT2D eigenvalue weighted by Gasteiger charge is -2.44. The molecule has 0 saturated heterocycles. The number of carbonyl (C=O) groups excluding carboxylic acids is 1. The summed E-state index contributed by atoms with van der Waals surface area (Å²) in [5.41, 5.74) is 2.72. The first-order chi connectivity index (χ1) is 13.0. The van der Waals surface area contributed by atoms with Crippen LogP contribution in [0, 0.1) is 6.92 Å². The van der Waals surface area contributed by atoms with Gasteiger partial charge in [-0.2, -0.15) is 0 Å². The Labute approximate surface area is 162 Å². The molecule has 1 atom stereocenters. The van der Waals surface area contributed by atoms with Crippen molar-refractivity contribution in [2.45, 2.75) is 44.2 Å². The monoisotopic (exact) mass is 366 g/mol. The Morgan fingerprint density at radius 3 is 2.33 bits per heavy atom. The first kappa shape index (κ1) is 19.4. The number of nitrogens with one attached hydrogen (secondary N) is 1. The fourth-order valence-corrected chi connectivity index (χ4v) is 4.38. The molecule has 0 bridgehead atoms. The van der Waals surface area contributed by atoms with E-state index in [2.05, 4.69) is 36.4 Å². The lowest BCUT2D eigenvalue weighted by atomic mass is 9.82. The van der Waals surface area contributed by atoms with E-state index in [1.54, 1.807) is 7.11 Å². The highest BCUT2D eigenvalue weighted by Gasteiger charge is 2.44. The van der Waals surface area contributed by atoms with Gasteiger partial charge in [0.25, 0.3) is 5.91 Å². The van der Waals surface area contributed by atoms with Crippen LogP contribution in [0.1, 0.15) is 53.2 Å². The maximum absolute atomic E-state index is 13.2. The molecule has 1 aliphatic rings. The summed E-state index contributed by atoms with van der Waals surface area (Å²) in [4.78, 5) is 15.5. The number of aryl methyl sites for hydroxylation is 1. The van der Waals surface area contributed by atoms with Gasteiger partial charge in [0.15, 0.2) is 0 Å². The number of ether oxygens (including phenoxy) is 1. The molecule has 1 saturated carbocycles. The molecule has 0 spiro atoms. The van der Waals surface area contributed by atoms with Crippen molar-refractivity contribution in [3.8, 4) is 5.75 Å².